The number of methoxy groups -OCH3 is 1. The standard InChI is InChI=1S/C23H29N3O2S/c1-15-8-10-18(14-17(15)3)22(27)26(13-7-12-25(4)5)23-24-20-19(28-6)11-9-16(2)21(20)29-23/h8-11,14H,7,12-13H2,1-6H3/p+1. The average molecular weight is 413 g/mol. The van der Waals surface area contributed by atoms with Gasteiger partial charge in [0.2, 0.25) is 0 Å². The van der Waals surface area contributed by atoms with Gasteiger partial charge >= 0.3 is 0 Å². The van der Waals surface area contributed by atoms with Crippen molar-refractivity contribution in [3.05, 3.63) is 52.6 Å². The molecular formula is C23H30N3O2S+. The molecule has 1 heterocycles. The number of carbonyl (C=O) groups excluding carboxylic acids is 1. The minimum atomic E-state index is -0.00229. The number of aromatic nitrogens is 1. The second-order valence-electron chi connectivity index (χ2n) is 7.83. The molecule has 0 saturated heterocycles. The summed E-state index contributed by atoms with van der Waals surface area (Å²) >= 11 is 1.56. The Hall–Kier alpha value is -2.44. The number of aryl methyl sites for hydroxylation is 3. The molecule has 1 aromatic heterocycles. The second-order valence-corrected chi connectivity index (χ2v) is 8.80. The summed E-state index contributed by atoms with van der Waals surface area (Å²) in [6.07, 6.45) is 0.908. The van der Waals surface area contributed by atoms with Crippen LogP contribution in [0.15, 0.2) is 30.3 Å². The third-order valence-corrected chi connectivity index (χ3v) is 6.41. The van der Waals surface area contributed by atoms with E-state index in [1.807, 2.05) is 42.2 Å². The maximum Gasteiger partial charge on any atom is 0.260 e. The van der Waals surface area contributed by atoms with Gasteiger partial charge in [0.1, 0.15) is 11.3 Å². The van der Waals surface area contributed by atoms with Crippen molar-refractivity contribution in [3.8, 4) is 5.75 Å². The van der Waals surface area contributed by atoms with Gasteiger partial charge in [-0.2, -0.15) is 0 Å². The van der Waals surface area contributed by atoms with Crippen LogP contribution in [0.25, 0.3) is 10.2 Å². The van der Waals surface area contributed by atoms with Gasteiger partial charge in [-0.05, 0) is 55.7 Å². The van der Waals surface area contributed by atoms with Gasteiger partial charge in [0.25, 0.3) is 5.91 Å². The molecular weight excluding hydrogens is 382 g/mol. The summed E-state index contributed by atoms with van der Waals surface area (Å²) in [4.78, 5) is 21.5. The highest BCUT2D eigenvalue weighted by atomic mass is 32.1. The van der Waals surface area contributed by atoms with Crippen molar-refractivity contribution in [2.24, 2.45) is 0 Å². The zero-order valence-corrected chi connectivity index (χ0v) is 18.9. The summed E-state index contributed by atoms with van der Waals surface area (Å²) in [6.45, 7) is 7.79. The Morgan fingerprint density at radius 1 is 1.10 bits per heavy atom. The number of quaternary nitrogens is 1. The Labute approximate surface area is 176 Å². The molecule has 1 amide bonds. The van der Waals surface area contributed by atoms with E-state index < -0.39 is 0 Å². The van der Waals surface area contributed by atoms with Gasteiger partial charge < -0.3 is 9.64 Å². The number of anilines is 1. The second kappa shape index (κ2) is 8.93. The van der Waals surface area contributed by atoms with Crippen molar-refractivity contribution >= 4 is 32.6 Å². The average Bonchev–Trinajstić information content (AvgIpc) is 3.13. The number of nitrogens with one attached hydrogen (secondary N) is 1. The van der Waals surface area contributed by atoms with Crippen LogP contribution in [-0.4, -0.2) is 45.2 Å². The first kappa shape index (κ1) is 21.3. The van der Waals surface area contributed by atoms with Gasteiger partial charge in [0.05, 0.1) is 32.4 Å². The number of ether oxygens (including phenoxy) is 1. The van der Waals surface area contributed by atoms with E-state index in [9.17, 15) is 4.79 Å². The largest absolute Gasteiger partial charge is 0.494 e. The maximum atomic E-state index is 13.5. The summed E-state index contributed by atoms with van der Waals surface area (Å²) < 4.78 is 6.56. The molecule has 6 heteroatoms. The van der Waals surface area contributed by atoms with Gasteiger partial charge in [0.15, 0.2) is 5.13 Å². The van der Waals surface area contributed by atoms with E-state index >= 15 is 0 Å². The smallest absolute Gasteiger partial charge is 0.260 e. The fourth-order valence-electron chi connectivity index (χ4n) is 3.28. The fraction of sp³-hybridized carbons (Fsp3) is 0.391. The van der Waals surface area contributed by atoms with Crippen LogP contribution in [0.3, 0.4) is 0 Å². The fourth-order valence-corrected chi connectivity index (χ4v) is 4.36. The van der Waals surface area contributed by atoms with Crippen molar-refractivity contribution in [3.63, 3.8) is 0 Å². The molecule has 0 spiro atoms. The molecule has 0 radical (unpaired) electrons. The molecule has 29 heavy (non-hydrogen) atoms. The number of rotatable bonds is 7. The van der Waals surface area contributed by atoms with Crippen LogP contribution in [0.2, 0.25) is 0 Å². The molecule has 0 saturated carbocycles. The third-order valence-electron chi connectivity index (χ3n) is 5.20. The lowest BCUT2D eigenvalue weighted by atomic mass is 10.1. The molecule has 3 aromatic rings. The Balaban J connectivity index is 2.03. The highest BCUT2D eigenvalue weighted by Gasteiger charge is 2.23. The molecule has 154 valence electrons. The van der Waals surface area contributed by atoms with Gasteiger partial charge in [0, 0.05) is 18.5 Å². The van der Waals surface area contributed by atoms with Crippen LogP contribution in [0.1, 0.15) is 33.5 Å². The molecule has 5 nitrogen and oxygen atoms in total. The summed E-state index contributed by atoms with van der Waals surface area (Å²) in [7, 11) is 5.91. The predicted molar refractivity (Wildman–Crippen MR) is 121 cm³/mol. The maximum absolute atomic E-state index is 13.5. The zero-order valence-electron chi connectivity index (χ0n) is 18.1. The van der Waals surface area contributed by atoms with Crippen LogP contribution >= 0.6 is 11.3 Å². The number of nitrogens with zero attached hydrogens (tertiary/aromatic N) is 2. The Bertz CT molecular complexity index is 1030. The first-order valence-corrected chi connectivity index (χ1v) is 10.8. The summed E-state index contributed by atoms with van der Waals surface area (Å²) in [5.74, 6) is 0.738. The Kier molecular flexibility index (Phi) is 6.55. The zero-order chi connectivity index (χ0) is 21.1. The number of fused-ring (bicyclic) bond motifs is 1. The molecule has 1 N–H and O–H groups in total. The normalized spacial score (nSPS) is 11.3. The lowest BCUT2D eigenvalue weighted by molar-refractivity contribution is -0.858. The molecule has 0 atom stereocenters. The molecule has 3 rings (SSSR count). The van der Waals surface area contributed by atoms with Gasteiger partial charge in [-0.3, -0.25) is 9.69 Å². The van der Waals surface area contributed by atoms with Crippen LogP contribution in [0, 0.1) is 20.8 Å². The van der Waals surface area contributed by atoms with E-state index in [4.69, 9.17) is 9.72 Å². The molecule has 0 bridgehead atoms. The first-order chi connectivity index (χ1) is 13.8. The first-order valence-electron chi connectivity index (χ1n) is 9.94. The predicted octanol–water partition coefficient (Wildman–Crippen LogP) is 3.41. The van der Waals surface area contributed by atoms with Crippen molar-refractivity contribution in [1.82, 2.24) is 4.98 Å². The minimum absolute atomic E-state index is 0.00229. The topological polar surface area (TPSA) is 46.9 Å². The van der Waals surface area contributed by atoms with E-state index in [-0.39, 0.29) is 5.91 Å². The lowest BCUT2D eigenvalue weighted by Crippen LogP contribution is -3.05. The van der Waals surface area contributed by atoms with E-state index in [1.54, 1.807) is 18.4 Å². The van der Waals surface area contributed by atoms with Gasteiger partial charge in [-0.15, -0.1) is 0 Å². The van der Waals surface area contributed by atoms with E-state index in [0.717, 1.165) is 45.2 Å². The van der Waals surface area contributed by atoms with Crippen LogP contribution in [-0.2, 0) is 0 Å². The molecule has 0 aliphatic rings. The number of hydrogen-bond donors (Lipinski definition) is 1. The SMILES string of the molecule is COc1ccc(C)c2sc(N(CCC[NH+](C)C)C(=O)c3ccc(C)c(C)c3)nc12. The number of hydrogen-bond acceptors (Lipinski definition) is 4. The van der Waals surface area contributed by atoms with Crippen LogP contribution in [0.5, 0.6) is 5.75 Å². The van der Waals surface area contributed by atoms with E-state index in [0.29, 0.717) is 12.1 Å². The van der Waals surface area contributed by atoms with E-state index in [2.05, 4.69) is 27.9 Å². The van der Waals surface area contributed by atoms with Crippen LogP contribution in [0.4, 0.5) is 5.13 Å². The van der Waals surface area contributed by atoms with Crippen molar-refractivity contribution in [1.29, 1.82) is 0 Å². The van der Waals surface area contributed by atoms with Crippen molar-refractivity contribution < 1.29 is 14.4 Å². The highest BCUT2D eigenvalue weighted by Crippen LogP contribution is 2.36. The quantitative estimate of drug-likeness (QED) is 0.647. The summed E-state index contributed by atoms with van der Waals surface area (Å²) in [5.41, 5.74) is 4.97. The van der Waals surface area contributed by atoms with Crippen LogP contribution < -0.4 is 14.5 Å². The van der Waals surface area contributed by atoms with Gasteiger partial charge in [-0.1, -0.05) is 23.5 Å². The lowest BCUT2D eigenvalue weighted by Gasteiger charge is -2.21. The molecule has 0 aliphatic carbocycles. The molecule has 0 unspecified atom stereocenters. The highest BCUT2D eigenvalue weighted by molar-refractivity contribution is 7.22. The summed E-state index contributed by atoms with van der Waals surface area (Å²) in [6, 6.07) is 9.87. The van der Waals surface area contributed by atoms with Gasteiger partial charge in [-0.25, -0.2) is 4.98 Å². The molecule has 0 aliphatic heterocycles. The Morgan fingerprint density at radius 2 is 1.83 bits per heavy atom. The minimum Gasteiger partial charge on any atom is -0.494 e. The third kappa shape index (κ3) is 4.60. The molecule has 0 fully saturated rings. The number of amides is 1. The summed E-state index contributed by atoms with van der Waals surface area (Å²) in [5, 5.41) is 0.726. The number of thiazole rings is 1. The number of benzene rings is 2. The number of carbonyl (C=O) groups is 1. The van der Waals surface area contributed by atoms with Crippen molar-refractivity contribution in [2.75, 3.05) is 39.2 Å². The van der Waals surface area contributed by atoms with E-state index in [1.165, 1.54) is 10.5 Å². The van der Waals surface area contributed by atoms with Crippen molar-refractivity contribution in [2.45, 2.75) is 27.2 Å². The Morgan fingerprint density at radius 3 is 2.48 bits per heavy atom. The molecule has 2 aromatic carbocycles. The monoisotopic (exact) mass is 412 g/mol.